The molecule has 2 nitrogen and oxygen atoms in total. The molecule has 1 aliphatic carbocycles. The van der Waals surface area contributed by atoms with E-state index in [1.54, 1.807) is 18.5 Å². The van der Waals surface area contributed by atoms with E-state index in [4.69, 9.17) is 0 Å². The van der Waals surface area contributed by atoms with Gasteiger partial charge in [0.25, 0.3) is 0 Å². The molecule has 1 heterocycles. The summed E-state index contributed by atoms with van der Waals surface area (Å²) in [4.78, 5) is 8.03. The molecule has 13 heavy (non-hydrogen) atoms. The summed E-state index contributed by atoms with van der Waals surface area (Å²) in [6, 6.07) is 0. The molecule has 1 radical (unpaired) electrons. The van der Waals surface area contributed by atoms with E-state index in [1.807, 2.05) is 0 Å². The number of hydrogen-bond donors (Lipinski definition) is 0. The van der Waals surface area contributed by atoms with E-state index in [-0.39, 0.29) is 5.83 Å². The minimum Gasteiger partial charge on any atom is -0.257 e. The second kappa shape index (κ2) is 3.64. The molecule has 0 bridgehead atoms. The summed E-state index contributed by atoms with van der Waals surface area (Å²) in [5.74, 6) is 0.341. The first kappa shape index (κ1) is 8.35. The Bertz CT molecular complexity index is 308. The van der Waals surface area contributed by atoms with Gasteiger partial charge in [-0.15, -0.1) is 0 Å². The number of allylic oxidation sites excluding steroid dienone is 2. The van der Waals surface area contributed by atoms with Gasteiger partial charge in [-0.2, -0.15) is 0 Å². The number of rotatable bonds is 1. The van der Waals surface area contributed by atoms with Crippen LogP contribution in [0.5, 0.6) is 0 Å². The third kappa shape index (κ3) is 1.91. The third-order valence-corrected chi connectivity index (χ3v) is 2.32. The van der Waals surface area contributed by atoms with Crippen molar-refractivity contribution in [1.82, 2.24) is 9.97 Å². The van der Waals surface area contributed by atoms with Crippen LogP contribution >= 0.6 is 0 Å². The minimum atomic E-state index is 0.00621. The molecule has 1 atom stereocenters. The van der Waals surface area contributed by atoms with Crippen LogP contribution in [0.1, 0.15) is 30.9 Å². The number of hydrogen-bond acceptors (Lipinski definition) is 2. The summed E-state index contributed by atoms with van der Waals surface area (Å²) < 4.78 is 12.7. The lowest BCUT2D eigenvalue weighted by Crippen LogP contribution is -2.05. The molecule has 0 amide bonds. The van der Waals surface area contributed by atoms with Gasteiger partial charge in [0.2, 0.25) is 0 Å². The SMILES string of the molecule is FC1=CCC(c2cn[c]cn2)CC1. The first-order valence-electron chi connectivity index (χ1n) is 4.39. The first-order chi connectivity index (χ1) is 6.36. The molecular formula is C10H10FN2. The molecule has 67 valence electrons. The standard InChI is InChI=1S/C10H10FN2/c11-9-3-1-8(2-4-9)10-7-12-5-6-13-10/h3,6-8H,1-2,4H2. The Kier molecular flexibility index (Phi) is 2.34. The maximum Gasteiger partial charge on any atom is 0.108 e. The van der Waals surface area contributed by atoms with Crippen molar-refractivity contribution in [2.75, 3.05) is 0 Å². The number of nitrogens with zero attached hydrogens (tertiary/aromatic N) is 2. The van der Waals surface area contributed by atoms with Crippen LogP contribution in [0.15, 0.2) is 24.3 Å². The number of halogens is 1. The Hall–Kier alpha value is -1.25. The Morgan fingerprint density at radius 3 is 3.08 bits per heavy atom. The molecule has 0 fully saturated rings. The maximum atomic E-state index is 12.7. The highest BCUT2D eigenvalue weighted by molar-refractivity contribution is 5.10. The molecule has 0 saturated heterocycles. The van der Waals surface area contributed by atoms with Gasteiger partial charge in [0.15, 0.2) is 0 Å². The van der Waals surface area contributed by atoms with E-state index in [2.05, 4.69) is 16.2 Å². The van der Waals surface area contributed by atoms with Crippen LogP contribution in [0.25, 0.3) is 0 Å². The zero-order valence-electron chi connectivity index (χ0n) is 7.20. The van der Waals surface area contributed by atoms with Gasteiger partial charge < -0.3 is 0 Å². The summed E-state index contributed by atoms with van der Waals surface area (Å²) in [6.07, 6.45) is 9.65. The molecule has 0 saturated carbocycles. The van der Waals surface area contributed by atoms with Crippen LogP contribution in [0.2, 0.25) is 0 Å². The zero-order valence-corrected chi connectivity index (χ0v) is 7.20. The van der Waals surface area contributed by atoms with Crippen molar-refractivity contribution in [3.05, 3.63) is 36.2 Å². The summed E-state index contributed by atoms with van der Waals surface area (Å²) in [5, 5.41) is 0. The lowest BCUT2D eigenvalue weighted by Gasteiger charge is -2.17. The first-order valence-corrected chi connectivity index (χ1v) is 4.39. The Morgan fingerprint density at radius 2 is 2.46 bits per heavy atom. The van der Waals surface area contributed by atoms with E-state index in [9.17, 15) is 4.39 Å². The fraction of sp³-hybridized carbons (Fsp3) is 0.400. The van der Waals surface area contributed by atoms with Crippen molar-refractivity contribution in [3.63, 3.8) is 0 Å². The van der Waals surface area contributed by atoms with Gasteiger partial charge in [-0.1, -0.05) is 6.08 Å². The topological polar surface area (TPSA) is 25.8 Å². The van der Waals surface area contributed by atoms with Crippen LogP contribution in [0.3, 0.4) is 0 Å². The average Bonchev–Trinajstić information content (AvgIpc) is 2.20. The summed E-state index contributed by atoms with van der Waals surface area (Å²) in [7, 11) is 0. The van der Waals surface area contributed by atoms with Gasteiger partial charge >= 0.3 is 0 Å². The Balaban J connectivity index is 2.12. The van der Waals surface area contributed by atoms with Crippen molar-refractivity contribution >= 4 is 0 Å². The number of aromatic nitrogens is 2. The van der Waals surface area contributed by atoms with Crippen molar-refractivity contribution < 1.29 is 4.39 Å². The normalized spacial score (nSPS) is 22.5. The molecule has 3 heteroatoms. The molecule has 0 N–H and O–H groups in total. The smallest absolute Gasteiger partial charge is 0.108 e. The molecule has 0 aromatic carbocycles. The lowest BCUT2D eigenvalue weighted by molar-refractivity contribution is 0.491. The fourth-order valence-corrected chi connectivity index (χ4v) is 1.56. The molecule has 2 rings (SSSR count). The maximum absolute atomic E-state index is 12.7. The zero-order chi connectivity index (χ0) is 9.10. The Labute approximate surface area is 76.5 Å². The van der Waals surface area contributed by atoms with Crippen LogP contribution in [0.4, 0.5) is 4.39 Å². The molecule has 0 spiro atoms. The van der Waals surface area contributed by atoms with E-state index < -0.39 is 0 Å². The predicted octanol–water partition coefficient (Wildman–Crippen LogP) is 2.40. The van der Waals surface area contributed by atoms with Crippen LogP contribution in [-0.2, 0) is 0 Å². The largest absolute Gasteiger partial charge is 0.257 e. The van der Waals surface area contributed by atoms with Gasteiger partial charge in [-0.05, 0) is 19.3 Å². The van der Waals surface area contributed by atoms with E-state index in [0.717, 1.165) is 18.5 Å². The fourth-order valence-electron chi connectivity index (χ4n) is 1.56. The third-order valence-electron chi connectivity index (χ3n) is 2.32. The van der Waals surface area contributed by atoms with E-state index in [0.29, 0.717) is 12.3 Å². The van der Waals surface area contributed by atoms with E-state index in [1.165, 1.54) is 0 Å². The van der Waals surface area contributed by atoms with Crippen molar-refractivity contribution in [2.24, 2.45) is 0 Å². The lowest BCUT2D eigenvalue weighted by atomic mass is 9.91. The molecule has 1 aromatic heterocycles. The second-order valence-corrected chi connectivity index (χ2v) is 3.19. The minimum absolute atomic E-state index is 0.00621. The molecule has 0 aliphatic heterocycles. The highest BCUT2D eigenvalue weighted by Gasteiger charge is 2.16. The van der Waals surface area contributed by atoms with E-state index >= 15 is 0 Å². The molecule has 1 aromatic rings. The predicted molar refractivity (Wildman–Crippen MR) is 46.7 cm³/mol. The van der Waals surface area contributed by atoms with Crippen molar-refractivity contribution in [1.29, 1.82) is 0 Å². The van der Waals surface area contributed by atoms with Crippen molar-refractivity contribution in [2.45, 2.75) is 25.2 Å². The molecular weight excluding hydrogens is 167 g/mol. The monoisotopic (exact) mass is 177 g/mol. The van der Waals surface area contributed by atoms with Crippen LogP contribution in [0, 0.1) is 6.20 Å². The van der Waals surface area contributed by atoms with Gasteiger partial charge in [0.05, 0.1) is 17.7 Å². The summed E-state index contributed by atoms with van der Waals surface area (Å²) in [5.41, 5.74) is 0.947. The second-order valence-electron chi connectivity index (χ2n) is 3.19. The summed E-state index contributed by atoms with van der Waals surface area (Å²) in [6.45, 7) is 0. The molecule has 1 unspecified atom stereocenters. The average molecular weight is 177 g/mol. The van der Waals surface area contributed by atoms with Crippen LogP contribution < -0.4 is 0 Å². The highest BCUT2D eigenvalue weighted by atomic mass is 19.1. The van der Waals surface area contributed by atoms with Gasteiger partial charge in [-0.25, -0.2) is 4.39 Å². The highest BCUT2D eigenvalue weighted by Crippen LogP contribution is 2.30. The Morgan fingerprint density at radius 1 is 1.54 bits per heavy atom. The van der Waals surface area contributed by atoms with Gasteiger partial charge in [-0.3, -0.25) is 9.97 Å². The van der Waals surface area contributed by atoms with Crippen LogP contribution in [-0.4, -0.2) is 9.97 Å². The quantitative estimate of drug-likeness (QED) is 0.658. The molecule has 1 aliphatic rings. The van der Waals surface area contributed by atoms with Crippen molar-refractivity contribution in [3.8, 4) is 0 Å². The van der Waals surface area contributed by atoms with Gasteiger partial charge in [0.1, 0.15) is 6.20 Å². The summed E-state index contributed by atoms with van der Waals surface area (Å²) >= 11 is 0. The van der Waals surface area contributed by atoms with Gasteiger partial charge in [0, 0.05) is 12.1 Å².